The molecule has 5 unspecified atom stereocenters. The van der Waals surface area contributed by atoms with Crippen LogP contribution in [0, 0.1) is 11.3 Å². The third kappa shape index (κ3) is 5.64. The summed E-state index contributed by atoms with van der Waals surface area (Å²) in [6, 6.07) is 25.5. The molecule has 6 atom stereocenters. The molecular weight excluding hydrogens is 669 g/mol. The predicted molar refractivity (Wildman–Crippen MR) is 167 cm³/mol. The van der Waals surface area contributed by atoms with Crippen LogP contribution >= 0.6 is 15.9 Å². The molecule has 2 saturated carbocycles. The van der Waals surface area contributed by atoms with E-state index < -0.39 is 28.2 Å². The van der Waals surface area contributed by atoms with Crippen molar-refractivity contribution in [3.05, 3.63) is 107 Å². The minimum Gasteiger partial charge on any atom is -0.626 e. The van der Waals surface area contributed by atoms with Gasteiger partial charge >= 0.3 is 28.4 Å². The smallest absolute Gasteiger partial charge is 0.626 e. The van der Waals surface area contributed by atoms with Crippen LogP contribution in [0.25, 0.3) is 5.32 Å². The van der Waals surface area contributed by atoms with Gasteiger partial charge in [-0.3, -0.25) is 14.7 Å². The van der Waals surface area contributed by atoms with Crippen LogP contribution in [-0.4, -0.2) is 63.1 Å². The molecule has 0 bridgehead atoms. The maximum atomic E-state index is 14.0. The zero-order valence-corrected chi connectivity index (χ0v) is 26.7. The van der Waals surface area contributed by atoms with Crippen molar-refractivity contribution in [3.8, 4) is 0 Å². The van der Waals surface area contributed by atoms with Crippen molar-refractivity contribution in [2.75, 3.05) is 13.2 Å². The quantitative estimate of drug-likeness (QED) is 0.0830. The summed E-state index contributed by atoms with van der Waals surface area (Å²) < 4.78 is 5.05. The molecule has 0 radical (unpaired) electrons. The molecule has 10 heteroatoms. The van der Waals surface area contributed by atoms with E-state index in [-0.39, 0.29) is 41.0 Å². The van der Waals surface area contributed by atoms with Crippen molar-refractivity contribution in [1.29, 1.82) is 0 Å². The van der Waals surface area contributed by atoms with E-state index in [0.717, 1.165) is 25.9 Å². The van der Waals surface area contributed by atoms with E-state index in [1.54, 1.807) is 13.0 Å². The summed E-state index contributed by atoms with van der Waals surface area (Å²) in [7, 11) is 0. The number of benzene rings is 3. The van der Waals surface area contributed by atoms with Gasteiger partial charge in [-0.25, -0.2) is 4.79 Å². The molecule has 3 aromatic rings. The molecular formula is C34H33BrN3NiO5+. The summed E-state index contributed by atoms with van der Waals surface area (Å²) in [6.07, 6.45) is 1.75. The van der Waals surface area contributed by atoms with Crippen molar-refractivity contribution in [2.45, 2.75) is 49.1 Å². The summed E-state index contributed by atoms with van der Waals surface area (Å²) >= 11 is 3.27. The molecule has 44 heavy (non-hydrogen) atoms. The number of carbonyl (C=O) groups is 3. The number of para-hydroxylation sites is 1. The number of ether oxygens (including phenoxy) is 1. The van der Waals surface area contributed by atoms with Crippen LogP contribution in [-0.2, 0) is 42.2 Å². The molecule has 8 nitrogen and oxygen atoms in total. The fraction of sp³-hybridized carbons (Fsp3) is 0.353. The van der Waals surface area contributed by atoms with Gasteiger partial charge in [-0.05, 0) is 36.8 Å². The van der Waals surface area contributed by atoms with Crippen molar-refractivity contribution in [3.63, 3.8) is 0 Å². The number of aliphatic imine (C=N–C) groups is 1. The zero-order valence-electron chi connectivity index (χ0n) is 24.2. The number of hydrogen-bond acceptors (Lipinski definition) is 6. The molecule has 3 fully saturated rings. The number of carbonyl (C=O) groups excluding carboxylic acids is 2. The third-order valence-corrected chi connectivity index (χ3v) is 9.90. The number of alkyl halides is 1. The normalized spacial score (nSPS) is 25.8. The second kappa shape index (κ2) is 13.0. The monoisotopic (exact) mass is 700 g/mol. The number of carboxylic acids is 1. The first kappa shape index (κ1) is 32.1. The molecule has 1 heterocycles. The fourth-order valence-corrected chi connectivity index (χ4v) is 7.41. The summed E-state index contributed by atoms with van der Waals surface area (Å²) in [6.45, 7) is 3.61. The molecule has 1 N–H and O–H groups in total. The maximum Gasteiger partial charge on any atom is 2.00 e. The second-order valence-electron chi connectivity index (χ2n) is 11.4. The van der Waals surface area contributed by atoms with Gasteiger partial charge in [0.1, 0.15) is 10.9 Å². The minimum atomic E-state index is -1.24. The van der Waals surface area contributed by atoms with E-state index in [9.17, 15) is 19.5 Å². The average molecular weight is 702 g/mol. The van der Waals surface area contributed by atoms with Gasteiger partial charge in [-0.1, -0.05) is 101 Å². The molecule has 230 valence electrons. The van der Waals surface area contributed by atoms with Crippen LogP contribution in [0.15, 0.2) is 89.9 Å². The van der Waals surface area contributed by atoms with Gasteiger partial charge in [-0.15, -0.1) is 5.69 Å². The first-order valence-corrected chi connectivity index (χ1v) is 15.5. The number of esters is 1. The topological polar surface area (TPSA) is 110 Å². The Labute approximate surface area is 275 Å². The first-order chi connectivity index (χ1) is 20.8. The molecule has 1 aliphatic heterocycles. The molecule has 3 aliphatic rings. The Morgan fingerprint density at radius 3 is 2.34 bits per heavy atom. The summed E-state index contributed by atoms with van der Waals surface area (Å²) in [5.41, 5.74) is 2.79. The van der Waals surface area contributed by atoms with Gasteiger partial charge in [0.25, 0.3) is 0 Å². The van der Waals surface area contributed by atoms with E-state index in [1.807, 2.05) is 66.7 Å². The summed E-state index contributed by atoms with van der Waals surface area (Å²) in [5, 5.41) is 14.8. The minimum absolute atomic E-state index is 0. The molecule has 6 rings (SSSR count). The van der Waals surface area contributed by atoms with Crippen LogP contribution in [0.4, 0.5) is 5.69 Å². The van der Waals surface area contributed by atoms with Crippen molar-refractivity contribution < 1.29 is 40.7 Å². The molecule has 1 amide bonds. The second-order valence-corrected chi connectivity index (χ2v) is 12.5. The average Bonchev–Trinajstić information content (AvgIpc) is 3.79. The Bertz CT molecular complexity index is 1570. The van der Waals surface area contributed by atoms with E-state index in [4.69, 9.17) is 10.1 Å². The van der Waals surface area contributed by atoms with Crippen LogP contribution in [0.5, 0.6) is 0 Å². The number of carboxylic acid groups (broad SMARTS) is 1. The number of nitrogens with zero attached hydrogens (tertiary/aromatic N) is 3. The molecule has 0 aromatic heterocycles. The van der Waals surface area contributed by atoms with E-state index >= 15 is 0 Å². The SMILES string of the molecule is CCOC(=O)C(Br)C[C@H](N=C(c1ccccc1)c1ccccc1[N-]C(=O)C12CCC1C21CN1Cc1ccccc1)C(=O)O.[Ni+2]. The molecule has 2 aliphatic carbocycles. The standard InChI is InChI=1S/C34H34BrN3O5.Ni/c1-2-43-31(41)25(35)19-27(30(39)40)36-29(23-13-7-4-8-14-23)24-15-9-10-16-26(24)37-32(42)33-18-17-28(33)34(33)21-38(34)20-22-11-5-3-6-12-22;/h3-16,25,27-28H,2,17-21H2,1H3,(H2,36,37,39,40,42);/q;+2/p-1/t25?,27-,28?,33?,34?,38?;/m0./s1. The molecule has 3 aromatic carbocycles. The molecule has 1 saturated heterocycles. The van der Waals surface area contributed by atoms with Gasteiger partial charge < -0.3 is 20.0 Å². The van der Waals surface area contributed by atoms with Gasteiger partial charge in [0.05, 0.1) is 18.2 Å². The molecule has 1 spiro atoms. The third-order valence-electron chi connectivity index (χ3n) is 9.15. The van der Waals surface area contributed by atoms with Gasteiger partial charge in [-0.2, -0.15) is 0 Å². The number of hydrogen-bond donors (Lipinski definition) is 1. The van der Waals surface area contributed by atoms with E-state index in [1.165, 1.54) is 5.56 Å². The fourth-order valence-electron chi connectivity index (χ4n) is 6.92. The number of halogens is 1. The van der Waals surface area contributed by atoms with Crippen LogP contribution in [0.3, 0.4) is 0 Å². The first-order valence-electron chi connectivity index (χ1n) is 14.6. The van der Waals surface area contributed by atoms with E-state index in [2.05, 4.69) is 38.0 Å². The van der Waals surface area contributed by atoms with Crippen molar-refractivity contribution in [1.82, 2.24) is 4.90 Å². The Balaban J connectivity index is 0.00000384. The predicted octanol–water partition coefficient (Wildman–Crippen LogP) is 5.89. The zero-order chi connectivity index (χ0) is 30.2. The van der Waals surface area contributed by atoms with Gasteiger partial charge in [0.2, 0.25) is 0 Å². The Morgan fingerprint density at radius 2 is 1.70 bits per heavy atom. The van der Waals surface area contributed by atoms with Gasteiger partial charge in [0.15, 0.2) is 0 Å². The van der Waals surface area contributed by atoms with Crippen LogP contribution in [0.1, 0.15) is 42.9 Å². The van der Waals surface area contributed by atoms with Gasteiger partial charge in [0, 0.05) is 36.0 Å². The number of rotatable bonds is 12. The largest absolute Gasteiger partial charge is 2.00 e. The number of aliphatic carboxylic acids is 1. The summed E-state index contributed by atoms with van der Waals surface area (Å²) in [5.74, 6) is -1.50. The van der Waals surface area contributed by atoms with E-state index in [0.29, 0.717) is 28.4 Å². The Hall–Kier alpha value is -3.33. The Kier molecular flexibility index (Phi) is 9.45. The van der Waals surface area contributed by atoms with Crippen LogP contribution in [0.2, 0.25) is 0 Å². The maximum absolute atomic E-state index is 14.0. The Morgan fingerprint density at radius 1 is 1.05 bits per heavy atom. The van der Waals surface area contributed by atoms with Crippen molar-refractivity contribution >= 4 is 45.2 Å². The number of amides is 1. The van der Waals surface area contributed by atoms with Crippen molar-refractivity contribution in [2.24, 2.45) is 16.3 Å². The van der Waals surface area contributed by atoms with Crippen LogP contribution < -0.4 is 0 Å². The number of fused-ring (bicyclic) bond motifs is 3. The summed E-state index contributed by atoms with van der Waals surface area (Å²) in [4.78, 5) is 44.8.